The van der Waals surface area contributed by atoms with Crippen molar-refractivity contribution in [3.8, 4) is 0 Å². The molecule has 0 aliphatic carbocycles. The molecule has 0 spiro atoms. The molecule has 0 radical (unpaired) electrons. The van der Waals surface area contributed by atoms with Crippen LogP contribution in [0.25, 0.3) is 0 Å². The van der Waals surface area contributed by atoms with Gasteiger partial charge in [0.1, 0.15) is 31.9 Å². The van der Waals surface area contributed by atoms with Gasteiger partial charge in [-0.3, -0.25) is 0 Å². The van der Waals surface area contributed by atoms with Crippen molar-refractivity contribution in [1.82, 2.24) is 30.0 Å². The minimum absolute atomic E-state index is 0. The van der Waals surface area contributed by atoms with E-state index in [4.69, 9.17) is 14.5 Å². The first-order valence-electron chi connectivity index (χ1n) is 14.6. The third-order valence-electron chi connectivity index (χ3n) is 5.61. The van der Waals surface area contributed by atoms with E-state index in [1.807, 2.05) is 69.5 Å². The van der Waals surface area contributed by atoms with Gasteiger partial charge in [-0.15, -0.1) is 11.8 Å². The maximum atomic E-state index is 5.30. The SMILES string of the molecule is CC1(C)CC(SSC2=NOC(C)(C)C2)=NO1.C[C-](C)C.Cc1nn(C)nc1CBr.Cc1nn(C)nc1CSC1=NOC(C)(C)C1.[Li+]. The van der Waals surface area contributed by atoms with Gasteiger partial charge in [-0.2, -0.15) is 50.8 Å². The van der Waals surface area contributed by atoms with E-state index >= 15 is 0 Å². The molecule has 12 nitrogen and oxygen atoms in total. The molecule has 254 valence electrons. The second-order valence-electron chi connectivity index (χ2n) is 13.1. The van der Waals surface area contributed by atoms with Crippen LogP contribution in [-0.2, 0) is 39.7 Å². The maximum absolute atomic E-state index is 5.30. The average Bonchev–Trinajstić information content (AvgIpc) is 3.70. The Kier molecular flexibility index (Phi) is 17.8. The maximum Gasteiger partial charge on any atom is 1.00 e. The van der Waals surface area contributed by atoms with Gasteiger partial charge in [-0.25, -0.2) is 0 Å². The Morgan fingerprint density at radius 1 is 0.674 bits per heavy atom. The van der Waals surface area contributed by atoms with Crippen molar-refractivity contribution in [1.29, 1.82) is 0 Å². The van der Waals surface area contributed by atoms with Crippen molar-refractivity contribution in [2.24, 2.45) is 29.6 Å². The van der Waals surface area contributed by atoms with Gasteiger partial charge in [0.05, 0.1) is 22.8 Å². The molecule has 0 fully saturated rings. The summed E-state index contributed by atoms with van der Waals surface area (Å²) in [6, 6.07) is 0. The Labute approximate surface area is 307 Å². The van der Waals surface area contributed by atoms with Gasteiger partial charge >= 0.3 is 18.9 Å². The van der Waals surface area contributed by atoms with Crippen LogP contribution in [0.3, 0.4) is 0 Å². The smallest absolute Gasteiger partial charge is 0.389 e. The number of aryl methyl sites for hydroxylation is 4. The molecule has 0 saturated heterocycles. The van der Waals surface area contributed by atoms with Crippen LogP contribution in [0.15, 0.2) is 15.5 Å². The fraction of sp³-hybridized carbons (Fsp3) is 0.724. The molecule has 0 atom stereocenters. The van der Waals surface area contributed by atoms with E-state index in [2.05, 4.69) is 72.6 Å². The third-order valence-corrected chi connectivity index (χ3v) is 9.42. The quantitative estimate of drug-likeness (QED) is 0.185. The summed E-state index contributed by atoms with van der Waals surface area (Å²) in [6.45, 7) is 22.4. The van der Waals surface area contributed by atoms with Gasteiger partial charge < -0.3 is 20.4 Å². The van der Waals surface area contributed by atoms with Gasteiger partial charge in [0.25, 0.3) is 0 Å². The molecule has 0 bridgehead atoms. The number of oxime groups is 3. The third kappa shape index (κ3) is 16.3. The normalized spacial score (nSPS) is 18.1. The number of hydrogen-bond acceptors (Lipinski definition) is 13. The van der Waals surface area contributed by atoms with Crippen molar-refractivity contribution >= 4 is 64.4 Å². The fourth-order valence-electron chi connectivity index (χ4n) is 3.57. The standard InChI is InChI=1S/C10H16N4OS.C10H16N2O2S2.C5H8BrN3.C4H9.Li/c1-7-8(12-14(4)11-7)6-16-9-5-10(2,3)15-13-9;1-9(2)5-7(11-13-9)15-16-8-6-10(3,4)14-12-8;1-4-5(3-6)8-9(2)7-4;1-4(2)3;/h2*5-6H2,1-4H3;3H2,1-2H3;1-3H3;/q;;;-1;+1. The average molecular weight is 755 g/mol. The van der Waals surface area contributed by atoms with Crippen LogP contribution >= 0.6 is 49.3 Å². The second-order valence-corrected chi connectivity index (χ2v) is 17.0. The Morgan fingerprint density at radius 2 is 1.02 bits per heavy atom. The first-order chi connectivity index (χ1) is 20.8. The largest absolute Gasteiger partial charge is 1.00 e. The van der Waals surface area contributed by atoms with Crippen LogP contribution in [0.1, 0.15) is 104 Å². The summed E-state index contributed by atoms with van der Waals surface area (Å²) in [5.74, 6) is 2.22. The number of thioether (sulfide) groups is 1. The van der Waals surface area contributed by atoms with E-state index in [1.54, 1.807) is 42.9 Å². The van der Waals surface area contributed by atoms with Crippen molar-refractivity contribution in [2.45, 2.75) is 123 Å². The predicted octanol–water partition coefficient (Wildman–Crippen LogP) is 4.90. The van der Waals surface area contributed by atoms with Crippen molar-refractivity contribution in [3.05, 3.63) is 28.7 Å². The Balaban J connectivity index is 0.000000333. The van der Waals surface area contributed by atoms with Crippen LogP contribution < -0.4 is 18.9 Å². The molecule has 2 aromatic heterocycles. The van der Waals surface area contributed by atoms with Crippen LogP contribution in [-0.4, -0.2) is 61.9 Å². The number of hydrogen-bond donors (Lipinski definition) is 0. The molecule has 0 unspecified atom stereocenters. The summed E-state index contributed by atoms with van der Waals surface area (Å²) in [6.07, 6.45) is 2.60. The molecular weight excluding hydrogens is 705 g/mol. The molecule has 0 aromatic carbocycles. The van der Waals surface area contributed by atoms with E-state index in [9.17, 15) is 0 Å². The van der Waals surface area contributed by atoms with Crippen LogP contribution in [0.2, 0.25) is 0 Å². The molecule has 0 saturated carbocycles. The molecule has 3 aliphatic rings. The molecule has 46 heavy (non-hydrogen) atoms. The van der Waals surface area contributed by atoms with Crippen LogP contribution in [0.5, 0.6) is 0 Å². The van der Waals surface area contributed by atoms with E-state index in [0.29, 0.717) is 0 Å². The van der Waals surface area contributed by atoms with Gasteiger partial charge in [0, 0.05) is 44.4 Å². The monoisotopic (exact) mass is 753 g/mol. The molecule has 5 rings (SSSR count). The van der Waals surface area contributed by atoms with Crippen LogP contribution in [0.4, 0.5) is 0 Å². The fourth-order valence-corrected chi connectivity index (χ4v) is 7.45. The first-order valence-corrected chi connectivity index (χ1v) is 18.8. The number of halogens is 1. The van der Waals surface area contributed by atoms with Crippen molar-refractivity contribution in [2.75, 3.05) is 0 Å². The summed E-state index contributed by atoms with van der Waals surface area (Å²) in [7, 11) is 6.88. The van der Waals surface area contributed by atoms with E-state index < -0.39 is 0 Å². The summed E-state index contributed by atoms with van der Waals surface area (Å²) in [4.78, 5) is 19.1. The van der Waals surface area contributed by atoms with Gasteiger partial charge in [-0.1, -0.05) is 31.4 Å². The summed E-state index contributed by atoms with van der Waals surface area (Å²) in [5.41, 5.74) is 3.53. The summed E-state index contributed by atoms with van der Waals surface area (Å²) in [5, 5.41) is 32.7. The zero-order chi connectivity index (χ0) is 34.0. The van der Waals surface area contributed by atoms with Gasteiger partial charge in [0.15, 0.2) is 0 Å². The Hall–Kier alpha value is -1.18. The van der Waals surface area contributed by atoms with Gasteiger partial charge in [0.2, 0.25) is 0 Å². The molecule has 5 heterocycles. The predicted molar refractivity (Wildman–Crippen MR) is 193 cm³/mol. The second kappa shape index (κ2) is 19.1. The molecule has 3 aliphatic heterocycles. The number of alkyl halides is 1. The first kappa shape index (κ1) is 42.8. The number of aromatic nitrogens is 6. The minimum atomic E-state index is -0.157. The molecular formula is C29H49BrLiN9O3S3. The van der Waals surface area contributed by atoms with E-state index in [0.717, 1.165) is 68.3 Å². The molecule has 17 heteroatoms. The minimum Gasteiger partial charge on any atom is -0.389 e. The molecule has 0 amide bonds. The summed E-state index contributed by atoms with van der Waals surface area (Å²) < 4.78 is 0. The zero-order valence-electron chi connectivity index (χ0n) is 29.9. The van der Waals surface area contributed by atoms with Gasteiger partial charge in [-0.05, 0) is 77.0 Å². The number of rotatable bonds is 3. The summed E-state index contributed by atoms with van der Waals surface area (Å²) >= 11 is 4.98. The van der Waals surface area contributed by atoms with E-state index in [1.165, 1.54) is 5.92 Å². The Morgan fingerprint density at radius 3 is 1.28 bits per heavy atom. The van der Waals surface area contributed by atoms with E-state index in [-0.39, 0.29) is 35.7 Å². The zero-order valence-corrected chi connectivity index (χ0v) is 33.9. The molecule has 0 N–H and O–H groups in total. The topological polar surface area (TPSA) is 126 Å². The van der Waals surface area contributed by atoms with Crippen molar-refractivity contribution < 1.29 is 33.4 Å². The van der Waals surface area contributed by atoms with Crippen LogP contribution in [0, 0.1) is 19.8 Å². The molecule has 2 aromatic rings. The van der Waals surface area contributed by atoms with Crippen molar-refractivity contribution in [3.63, 3.8) is 0 Å². The number of nitrogens with zero attached hydrogens (tertiary/aromatic N) is 9. The Bertz CT molecular complexity index is 1310.